The minimum absolute atomic E-state index is 0.289. The number of rotatable bonds is 2. The molecule has 1 aliphatic rings. The summed E-state index contributed by atoms with van der Waals surface area (Å²) in [5, 5.41) is 11.5. The third-order valence-electron chi connectivity index (χ3n) is 5.03. The maximum Gasteiger partial charge on any atom is 0.339 e. The second-order valence-corrected chi connectivity index (χ2v) is 6.52. The number of quaternary nitrogens is 1. The maximum absolute atomic E-state index is 11.8. The van der Waals surface area contributed by atoms with Crippen molar-refractivity contribution in [2.75, 3.05) is 13.1 Å². The second-order valence-electron chi connectivity index (χ2n) is 6.52. The lowest BCUT2D eigenvalue weighted by molar-refractivity contribution is -0.918. The first-order valence-electron chi connectivity index (χ1n) is 8.08. The quantitative estimate of drug-likeness (QED) is 0.834. The van der Waals surface area contributed by atoms with Gasteiger partial charge in [-0.15, -0.1) is 0 Å². The largest absolute Gasteiger partial charge is 0.507 e. The lowest BCUT2D eigenvalue weighted by Crippen LogP contribution is -3.11. The molecule has 3 rings (SSSR count). The van der Waals surface area contributed by atoms with Crippen molar-refractivity contribution in [3.8, 4) is 5.75 Å². The van der Waals surface area contributed by atoms with Crippen LogP contribution in [-0.4, -0.2) is 18.2 Å². The summed E-state index contributed by atoms with van der Waals surface area (Å²) in [4.78, 5) is 13.3. The van der Waals surface area contributed by atoms with Gasteiger partial charge < -0.3 is 14.4 Å². The third kappa shape index (κ3) is 2.52. The number of piperidine rings is 1. The number of benzene rings is 1. The molecule has 2 heterocycles. The predicted molar refractivity (Wildman–Crippen MR) is 86.6 cm³/mol. The summed E-state index contributed by atoms with van der Waals surface area (Å²) < 4.78 is 5.36. The number of aryl methyl sites for hydroxylation is 2. The van der Waals surface area contributed by atoms with Crippen LogP contribution in [0, 0.1) is 20.8 Å². The molecule has 4 heteroatoms. The van der Waals surface area contributed by atoms with Crippen LogP contribution in [0.4, 0.5) is 0 Å². The van der Waals surface area contributed by atoms with E-state index < -0.39 is 0 Å². The zero-order chi connectivity index (χ0) is 15.9. The molecule has 2 aromatic rings. The van der Waals surface area contributed by atoms with E-state index in [0.717, 1.165) is 23.2 Å². The van der Waals surface area contributed by atoms with Gasteiger partial charge in [-0.1, -0.05) is 0 Å². The highest BCUT2D eigenvalue weighted by molar-refractivity contribution is 5.89. The number of likely N-dealkylation sites (tertiary alicyclic amines) is 1. The van der Waals surface area contributed by atoms with Gasteiger partial charge in [0.2, 0.25) is 0 Å². The van der Waals surface area contributed by atoms with Crippen LogP contribution in [0.15, 0.2) is 15.3 Å². The number of hydrogen-bond donors (Lipinski definition) is 2. The average Bonchev–Trinajstić information content (AvgIpc) is 2.50. The summed E-state index contributed by atoms with van der Waals surface area (Å²) in [5.74, 6) is 0.289. The first-order valence-corrected chi connectivity index (χ1v) is 8.08. The minimum Gasteiger partial charge on any atom is -0.507 e. The standard InChI is InChI=1S/C18H23NO3/c1-11-9-15-16(12(2)13(3)18(21)22-15)17(20)14(11)10-19-7-5-4-6-8-19/h9,20H,4-8,10H2,1-3H3/p+1. The number of phenols is 1. The van der Waals surface area contributed by atoms with Crippen molar-refractivity contribution < 1.29 is 14.4 Å². The third-order valence-corrected chi connectivity index (χ3v) is 5.03. The van der Waals surface area contributed by atoms with Gasteiger partial charge in [-0.3, -0.25) is 0 Å². The number of aromatic hydroxyl groups is 1. The van der Waals surface area contributed by atoms with Crippen molar-refractivity contribution in [2.24, 2.45) is 0 Å². The Morgan fingerprint density at radius 2 is 1.82 bits per heavy atom. The van der Waals surface area contributed by atoms with Crippen LogP contribution >= 0.6 is 0 Å². The van der Waals surface area contributed by atoms with Crippen LogP contribution in [0.5, 0.6) is 5.75 Å². The van der Waals surface area contributed by atoms with Gasteiger partial charge >= 0.3 is 5.63 Å². The summed E-state index contributed by atoms with van der Waals surface area (Å²) in [6.07, 6.45) is 3.83. The normalized spacial score (nSPS) is 16.3. The number of phenolic OH excluding ortho intramolecular Hbond substituents is 1. The van der Waals surface area contributed by atoms with E-state index in [9.17, 15) is 9.90 Å². The highest BCUT2D eigenvalue weighted by Gasteiger charge is 2.21. The molecule has 0 saturated carbocycles. The Balaban J connectivity index is 2.12. The Bertz CT molecular complexity index is 770. The van der Waals surface area contributed by atoms with E-state index in [4.69, 9.17) is 4.42 Å². The Morgan fingerprint density at radius 3 is 2.50 bits per heavy atom. The molecule has 0 unspecified atom stereocenters. The molecule has 0 aliphatic carbocycles. The lowest BCUT2D eigenvalue weighted by Gasteiger charge is -2.25. The zero-order valence-electron chi connectivity index (χ0n) is 13.6. The van der Waals surface area contributed by atoms with Gasteiger partial charge in [0.15, 0.2) is 0 Å². The van der Waals surface area contributed by atoms with Gasteiger partial charge in [0, 0.05) is 5.56 Å². The molecule has 0 radical (unpaired) electrons. The van der Waals surface area contributed by atoms with Gasteiger partial charge in [-0.05, 0) is 57.2 Å². The van der Waals surface area contributed by atoms with Crippen molar-refractivity contribution in [3.05, 3.63) is 38.7 Å². The minimum atomic E-state index is -0.321. The molecule has 1 aromatic carbocycles. The lowest BCUT2D eigenvalue weighted by atomic mass is 9.98. The van der Waals surface area contributed by atoms with E-state index in [1.807, 2.05) is 19.9 Å². The molecule has 118 valence electrons. The van der Waals surface area contributed by atoms with Crippen molar-refractivity contribution in [2.45, 2.75) is 46.6 Å². The molecule has 1 fully saturated rings. The summed E-state index contributed by atoms with van der Waals surface area (Å²) in [7, 11) is 0. The van der Waals surface area contributed by atoms with E-state index in [1.165, 1.54) is 37.3 Å². The molecule has 0 bridgehead atoms. The fraction of sp³-hybridized carbons (Fsp3) is 0.500. The Labute approximate surface area is 130 Å². The monoisotopic (exact) mass is 302 g/mol. The number of hydrogen-bond acceptors (Lipinski definition) is 3. The fourth-order valence-electron chi connectivity index (χ4n) is 3.47. The summed E-state index contributed by atoms with van der Waals surface area (Å²) in [5.41, 5.74) is 3.54. The highest BCUT2D eigenvalue weighted by atomic mass is 16.4. The molecule has 22 heavy (non-hydrogen) atoms. The molecule has 1 aromatic heterocycles. The van der Waals surface area contributed by atoms with E-state index in [1.54, 1.807) is 6.92 Å². The number of fused-ring (bicyclic) bond motifs is 1. The molecule has 0 amide bonds. The molecule has 2 N–H and O–H groups in total. The molecule has 1 saturated heterocycles. The topological polar surface area (TPSA) is 54.9 Å². The summed E-state index contributed by atoms with van der Waals surface area (Å²) in [6.45, 7) is 8.77. The van der Waals surface area contributed by atoms with Gasteiger partial charge in [0.1, 0.15) is 17.9 Å². The number of nitrogens with one attached hydrogen (secondary N) is 1. The fourth-order valence-corrected chi connectivity index (χ4v) is 3.47. The van der Waals surface area contributed by atoms with Crippen LogP contribution < -0.4 is 10.5 Å². The zero-order valence-corrected chi connectivity index (χ0v) is 13.6. The molecule has 4 nitrogen and oxygen atoms in total. The smallest absolute Gasteiger partial charge is 0.339 e. The molecule has 0 atom stereocenters. The van der Waals surface area contributed by atoms with Gasteiger partial charge in [0.25, 0.3) is 0 Å². The van der Waals surface area contributed by atoms with E-state index in [2.05, 4.69) is 0 Å². The van der Waals surface area contributed by atoms with Crippen molar-refractivity contribution in [3.63, 3.8) is 0 Å². The molecule has 1 aliphatic heterocycles. The van der Waals surface area contributed by atoms with Crippen molar-refractivity contribution in [1.82, 2.24) is 0 Å². The van der Waals surface area contributed by atoms with E-state index >= 15 is 0 Å². The van der Waals surface area contributed by atoms with Crippen molar-refractivity contribution >= 4 is 11.0 Å². The van der Waals surface area contributed by atoms with Crippen LogP contribution in [0.25, 0.3) is 11.0 Å². The molecular weight excluding hydrogens is 278 g/mol. The first-order chi connectivity index (χ1) is 10.5. The van der Waals surface area contributed by atoms with Crippen LogP contribution in [0.1, 0.15) is 41.5 Å². The summed E-state index contributed by atoms with van der Waals surface area (Å²) >= 11 is 0. The van der Waals surface area contributed by atoms with E-state index in [-0.39, 0.29) is 11.4 Å². The van der Waals surface area contributed by atoms with Crippen LogP contribution in [-0.2, 0) is 6.54 Å². The first kappa shape index (κ1) is 15.1. The van der Waals surface area contributed by atoms with E-state index in [0.29, 0.717) is 16.5 Å². The van der Waals surface area contributed by atoms with Crippen LogP contribution in [0.2, 0.25) is 0 Å². The predicted octanol–water partition coefficient (Wildman–Crippen LogP) is 1.99. The Kier molecular flexibility index (Phi) is 3.96. The average molecular weight is 302 g/mol. The highest BCUT2D eigenvalue weighted by Crippen LogP contribution is 2.33. The molecular formula is C18H24NO3+. The van der Waals surface area contributed by atoms with Crippen LogP contribution in [0.3, 0.4) is 0 Å². The molecule has 0 spiro atoms. The van der Waals surface area contributed by atoms with Gasteiger partial charge in [-0.25, -0.2) is 4.79 Å². The van der Waals surface area contributed by atoms with Gasteiger partial charge in [0.05, 0.1) is 24.0 Å². The summed E-state index contributed by atoms with van der Waals surface area (Å²) in [6, 6.07) is 1.89. The Hall–Kier alpha value is -1.81. The maximum atomic E-state index is 11.8. The SMILES string of the molecule is Cc1cc2oc(=O)c(C)c(C)c2c(O)c1C[NH+]1CCCCC1. The van der Waals surface area contributed by atoms with Crippen molar-refractivity contribution in [1.29, 1.82) is 0 Å². The Morgan fingerprint density at radius 1 is 1.14 bits per heavy atom. The van der Waals surface area contributed by atoms with Gasteiger partial charge in [-0.2, -0.15) is 0 Å². The second kappa shape index (κ2) is 5.76.